The van der Waals surface area contributed by atoms with E-state index in [9.17, 15) is 0 Å². The summed E-state index contributed by atoms with van der Waals surface area (Å²) in [4.78, 5) is 4.12. The van der Waals surface area contributed by atoms with Gasteiger partial charge in [-0.1, -0.05) is 11.6 Å². The molecule has 17 heavy (non-hydrogen) atoms. The average molecular weight is 252 g/mol. The van der Waals surface area contributed by atoms with Gasteiger partial charge in [0, 0.05) is 26.2 Å². The molecular formula is C11H14ClN5. The highest BCUT2D eigenvalue weighted by Gasteiger charge is 2.02. The Labute approximate surface area is 105 Å². The fourth-order valence-corrected chi connectivity index (χ4v) is 1.73. The van der Waals surface area contributed by atoms with Crippen LogP contribution in [-0.2, 0) is 13.5 Å². The molecule has 0 saturated heterocycles. The van der Waals surface area contributed by atoms with E-state index in [2.05, 4.69) is 15.4 Å². The summed E-state index contributed by atoms with van der Waals surface area (Å²) in [5.41, 5.74) is 7.16. The molecule has 5 nitrogen and oxygen atoms in total. The highest BCUT2D eigenvalue weighted by molar-refractivity contribution is 6.33. The second kappa shape index (κ2) is 5.05. The van der Waals surface area contributed by atoms with Crippen molar-refractivity contribution in [2.75, 3.05) is 17.6 Å². The molecule has 2 aromatic heterocycles. The number of rotatable bonds is 4. The zero-order chi connectivity index (χ0) is 12.3. The monoisotopic (exact) mass is 251 g/mol. The Bertz CT molecular complexity index is 508. The lowest BCUT2D eigenvalue weighted by Gasteiger charge is -2.06. The van der Waals surface area contributed by atoms with Gasteiger partial charge in [-0.25, -0.2) is 4.98 Å². The molecule has 0 amide bonds. The van der Waals surface area contributed by atoms with Gasteiger partial charge >= 0.3 is 0 Å². The first-order valence-electron chi connectivity index (χ1n) is 5.28. The van der Waals surface area contributed by atoms with Crippen LogP contribution in [0.1, 0.15) is 5.69 Å². The molecule has 0 atom stereocenters. The van der Waals surface area contributed by atoms with Gasteiger partial charge in [0.2, 0.25) is 0 Å². The molecule has 2 heterocycles. The summed E-state index contributed by atoms with van der Waals surface area (Å²) in [5, 5.41) is 7.97. The predicted octanol–water partition coefficient (Wildman–Crippen LogP) is 1.71. The maximum Gasteiger partial charge on any atom is 0.144 e. The second-order valence-corrected chi connectivity index (χ2v) is 4.16. The molecule has 0 aliphatic heterocycles. The molecule has 90 valence electrons. The molecule has 0 aliphatic carbocycles. The Hall–Kier alpha value is -1.75. The molecule has 2 rings (SSSR count). The van der Waals surface area contributed by atoms with Crippen LogP contribution in [0.3, 0.4) is 0 Å². The standard InChI is InChI=1S/C11H14ClN5/c1-17-5-3-9(16-17)2-4-14-11-10(12)6-8(13)7-15-11/h3,5-7H,2,4,13H2,1H3,(H,14,15). The number of hydrogen-bond acceptors (Lipinski definition) is 4. The van der Waals surface area contributed by atoms with Gasteiger partial charge in [0.1, 0.15) is 5.82 Å². The van der Waals surface area contributed by atoms with E-state index in [4.69, 9.17) is 17.3 Å². The predicted molar refractivity (Wildman–Crippen MR) is 69.1 cm³/mol. The van der Waals surface area contributed by atoms with Gasteiger partial charge in [0.25, 0.3) is 0 Å². The van der Waals surface area contributed by atoms with E-state index in [1.807, 2.05) is 19.3 Å². The number of nitrogens with two attached hydrogens (primary N) is 1. The first kappa shape index (κ1) is 11.7. The summed E-state index contributed by atoms with van der Waals surface area (Å²) in [6.07, 6.45) is 4.32. The topological polar surface area (TPSA) is 68.8 Å². The van der Waals surface area contributed by atoms with E-state index in [1.165, 1.54) is 0 Å². The summed E-state index contributed by atoms with van der Waals surface area (Å²) in [5.74, 6) is 0.650. The number of hydrogen-bond donors (Lipinski definition) is 2. The largest absolute Gasteiger partial charge is 0.397 e. The number of nitrogen functional groups attached to an aromatic ring is 1. The quantitative estimate of drug-likeness (QED) is 0.868. The second-order valence-electron chi connectivity index (χ2n) is 3.76. The van der Waals surface area contributed by atoms with Crippen molar-refractivity contribution in [3.05, 3.63) is 35.2 Å². The van der Waals surface area contributed by atoms with Crippen molar-refractivity contribution in [2.45, 2.75) is 6.42 Å². The molecule has 6 heteroatoms. The Kier molecular flexibility index (Phi) is 3.49. The number of halogens is 1. The van der Waals surface area contributed by atoms with Crippen LogP contribution in [-0.4, -0.2) is 21.3 Å². The molecule has 0 radical (unpaired) electrons. The SMILES string of the molecule is Cn1ccc(CCNc2ncc(N)cc2Cl)n1. The molecule has 0 unspecified atom stereocenters. The molecule has 0 bridgehead atoms. The zero-order valence-electron chi connectivity index (χ0n) is 9.52. The first-order chi connectivity index (χ1) is 8.15. The van der Waals surface area contributed by atoms with E-state index in [0.29, 0.717) is 16.5 Å². The number of aromatic nitrogens is 3. The first-order valence-corrected chi connectivity index (χ1v) is 5.66. The Balaban J connectivity index is 1.90. The van der Waals surface area contributed by atoms with Crippen LogP contribution >= 0.6 is 11.6 Å². The van der Waals surface area contributed by atoms with Crippen LogP contribution in [0.2, 0.25) is 5.02 Å². The van der Waals surface area contributed by atoms with Crippen molar-refractivity contribution in [2.24, 2.45) is 7.05 Å². The van der Waals surface area contributed by atoms with Crippen molar-refractivity contribution in [3.8, 4) is 0 Å². The number of aryl methyl sites for hydroxylation is 1. The maximum absolute atomic E-state index is 5.99. The van der Waals surface area contributed by atoms with Crippen LogP contribution in [0, 0.1) is 0 Å². The minimum absolute atomic E-state index is 0.533. The molecule has 0 aromatic carbocycles. The summed E-state index contributed by atoms with van der Waals surface area (Å²) in [6.45, 7) is 0.730. The fraction of sp³-hybridized carbons (Fsp3) is 0.273. The lowest BCUT2D eigenvalue weighted by molar-refractivity contribution is 0.742. The molecule has 0 saturated carbocycles. The zero-order valence-corrected chi connectivity index (χ0v) is 10.3. The lowest BCUT2D eigenvalue weighted by atomic mass is 10.3. The van der Waals surface area contributed by atoms with Crippen molar-refractivity contribution in [3.63, 3.8) is 0 Å². The van der Waals surface area contributed by atoms with Crippen molar-refractivity contribution in [1.29, 1.82) is 0 Å². The van der Waals surface area contributed by atoms with Crippen molar-refractivity contribution in [1.82, 2.24) is 14.8 Å². The van der Waals surface area contributed by atoms with Crippen LogP contribution < -0.4 is 11.1 Å². The lowest BCUT2D eigenvalue weighted by Crippen LogP contribution is -2.07. The molecule has 2 aromatic rings. The third kappa shape index (κ3) is 3.10. The highest BCUT2D eigenvalue weighted by Crippen LogP contribution is 2.20. The Morgan fingerprint density at radius 1 is 1.53 bits per heavy atom. The molecule has 3 N–H and O–H groups in total. The van der Waals surface area contributed by atoms with Crippen LogP contribution in [0.4, 0.5) is 11.5 Å². The molecule has 0 aliphatic rings. The number of nitrogens with one attached hydrogen (secondary N) is 1. The van der Waals surface area contributed by atoms with Crippen LogP contribution in [0.25, 0.3) is 0 Å². The van der Waals surface area contributed by atoms with Gasteiger partial charge in [-0.3, -0.25) is 4.68 Å². The summed E-state index contributed by atoms with van der Waals surface area (Å²) in [6, 6.07) is 3.66. The summed E-state index contributed by atoms with van der Waals surface area (Å²) >= 11 is 5.99. The third-order valence-electron chi connectivity index (χ3n) is 2.30. The fourth-order valence-electron chi connectivity index (χ4n) is 1.49. The minimum Gasteiger partial charge on any atom is -0.397 e. The van der Waals surface area contributed by atoms with Crippen LogP contribution in [0.5, 0.6) is 0 Å². The summed E-state index contributed by atoms with van der Waals surface area (Å²) < 4.78 is 1.78. The van der Waals surface area contributed by atoms with Crippen molar-refractivity contribution >= 4 is 23.1 Å². The molecule has 0 fully saturated rings. The van der Waals surface area contributed by atoms with Crippen LogP contribution in [0.15, 0.2) is 24.5 Å². The van der Waals surface area contributed by atoms with E-state index in [-0.39, 0.29) is 0 Å². The van der Waals surface area contributed by atoms with Gasteiger partial charge in [-0.2, -0.15) is 5.10 Å². The Morgan fingerprint density at radius 3 is 3.00 bits per heavy atom. The van der Waals surface area contributed by atoms with Gasteiger partial charge in [-0.15, -0.1) is 0 Å². The third-order valence-corrected chi connectivity index (χ3v) is 2.59. The van der Waals surface area contributed by atoms with E-state index < -0.39 is 0 Å². The van der Waals surface area contributed by atoms with E-state index >= 15 is 0 Å². The number of nitrogens with zero attached hydrogens (tertiary/aromatic N) is 3. The maximum atomic E-state index is 5.99. The normalized spacial score (nSPS) is 10.5. The van der Waals surface area contributed by atoms with Gasteiger partial charge in [-0.05, 0) is 12.1 Å². The number of pyridine rings is 1. The van der Waals surface area contributed by atoms with Gasteiger partial charge in [0.05, 0.1) is 22.6 Å². The molecular weight excluding hydrogens is 238 g/mol. The average Bonchev–Trinajstić information content (AvgIpc) is 2.68. The van der Waals surface area contributed by atoms with Gasteiger partial charge in [0.15, 0.2) is 0 Å². The minimum atomic E-state index is 0.533. The van der Waals surface area contributed by atoms with Gasteiger partial charge < -0.3 is 11.1 Å². The highest BCUT2D eigenvalue weighted by atomic mass is 35.5. The smallest absolute Gasteiger partial charge is 0.144 e. The summed E-state index contributed by atoms with van der Waals surface area (Å²) in [7, 11) is 1.90. The number of anilines is 2. The Morgan fingerprint density at radius 2 is 2.35 bits per heavy atom. The van der Waals surface area contributed by atoms with E-state index in [0.717, 1.165) is 18.7 Å². The van der Waals surface area contributed by atoms with E-state index in [1.54, 1.807) is 16.9 Å². The van der Waals surface area contributed by atoms with Crippen molar-refractivity contribution < 1.29 is 0 Å². The molecule has 0 spiro atoms.